The van der Waals surface area contributed by atoms with Gasteiger partial charge in [-0.3, -0.25) is 43.3 Å². The fraction of sp³-hybridized carbons (Fsp3) is 0.524. The third-order valence-electron chi connectivity index (χ3n) is 14.7. The van der Waals surface area contributed by atoms with Crippen LogP contribution in [0.1, 0.15) is 120 Å². The van der Waals surface area contributed by atoms with Gasteiger partial charge in [0.1, 0.15) is 18.1 Å². The minimum atomic E-state index is -4.48. The molecule has 3 aromatic carbocycles. The number of carbonyl (C=O) groups is 8. The molecule has 1 aliphatic rings. The van der Waals surface area contributed by atoms with Crippen molar-refractivity contribution in [2.24, 2.45) is 27.9 Å². The van der Waals surface area contributed by atoms with Gasteiger partial charge in [0.25, 0.3) is 27.7 Å². The molecule has 0 spiro atoms. The SMILES string of the molecule is CNC(C(=O)NC(C(=O)N(C)C(C=C(C)C(=O)NS(=O)(=O)c1ccc(NC(=O)C(CCCCN)NC(=O)C(Cc2ccccc2)NC(=O)CC(C)(C)COCC(C)(C)CN2C(=O)C=CC2=O)cc1)C(C)C)C(C)(C)C)C(C)(C)c1ccccc1. The number of nitrogens with one attached hydrogen (secondary N) is 6. The van der Waals surface area contributed by atoms with Crippen LogP contribution in [0.2, 0.25) is 0 Å². The summed E-state index contributed by atoms with van der Waals surface area (Å²) in [4.78, 5) is 111. The summed E-state index contributed by atoms with van der Waals surface area (Å²) in [6.07, 6.45) is 5.26. The molecule has 3 aromatic rings. The number of nitrogens with zero attached hydrogens (tertiary/aromatic N) is 2. The predicted octanol–water partition coefficient (Wildman–Crippen LogP) is 5.68. The van der Waals surface area contributed by atoms with Crippen molar-refractivity contribution in [3.63, 3.8) is 0 Å². The van der Waals surface area contributed by atoms with E-state index < -0.39 is 91.4 Å². The number of amides is 8. The van der Waals surface area contributed by atoms with Crippen molar-refractivity contribution in [2.45, 2.75) is 156 Å². The number of nitrogens with two attached hydrogens (primary N) is 1. The van der Waals surface area contributed by atoms with Crippen LogP contribution >= 0.6 is 0 Å². The van der Waals surface area contributed by atoms with Gasteiger partial charge < -0.3 is 42.0 Å². The highest BCUT2D eigenvalue weighted by Crippen LogP contribution is 2.30. The fourth-order valence-corrected chi connectivity index (χ4v) is 10.9. The molecule has 1 aliphatic heterocycles. The predicted molar refractivity (Wildman–Crippen MR) is 325 cm³/mol. The van der Waals surface area contributed by atoms with Gasteiger partial charge in [0.15, 0.2) is 0 Å². The summed E-state index contributed by atoms with van der Waals surface area (Å²) in [5.74, 6) is -4.39. The number of hydrogen-bond acceptors (Lipinski definition) is 13. The van der Waals surface area contributed by atoms with Gasteiger partial charge in [0.2, 0.25) is 29.5 Å². The normalized spacial score (nSPS) is 15.2. The highest BCUT2D eigenvalue weighted by molar-refractivity contribution is 7.90. The Labute approximate surface area is 497 Å². The maximum atomic E-state index is 14.4. The molecule has 460 valence electrons. The number of ether oxygens (including phenoxy) is 1. The number of rotatable bonds is 31. The van der Waals surface area contributed by atoms with Crippen LogP contribution in [0.5, 0.6) is 0 Å². The number of likely N-dealkylation sites (N-methyl/N-ethyl adjacent to an activating group) is 2. The van der Waals surface area contributed by atoms with Crippen LogP contribution in [-0.2, 0) is 65.0 Å². The first-order valence-electron chi connectivity index (χ1n) is 28.5. The number of benzene rings is 3. The Kier molecular flexibility index (Phi) is 24.9. The van der Waals surface area contributed by atoms with Crippen molar-refractivity contribution in [3.8, 4) is 0 Å². The Morgan fingerprint density at radius 3 is 1.83 bits per heavy atom. The molecule has 84 heavy (non-hydrogen) atoms. The second-order valence-electron chi connectivity index (χ2n) is 25.3. The molecule has 21 heteroatoms. The summed E-state index contributed by atoms with van der Waals surface area (Å²) in [6, 6.07) is 19.2. The first-order chi connectivity index (χ1) is 39.1. The minimum Gasteiger partial charge on any atom is -0.380 e. The van der Waals surface area contributed by atoms with E-state index >= 15 is 0 Å². The van der Waals surface area contributed by atoms with Crippen LogP contribution in [0.4, 0.5) is 5.69 Å². The second-order valence-corrected chi connectivity index (χ2v) is 27.0. The van der Waals surface area contributed by atoms with Crippen molar-refractivity contribution in [2.75, 3.05) is 45.7 Å². The van der Waals surface area contributed by atoms with Crippen molar-refractivity contribution in [3.05, 3.63) is 120 Å². The maximum Gasteiger partial charge on any atom is 0.264 e. The van der Waals surface area contributed by atoms with E-state index in [-0.39, 0.29) is 78.8 Å². The molecule has 20 nitrogen and oxygen atoms in total. The quantitative estimate of drug-likeness (QED) is 0.0232. The van der Waals surface area contributed by atoms with E-state index in [9.17, 15) is 46.8 Å². The van der Waals surface area contributed by atoms with E-state index in [1.165, 1.54) is 54.3 Å². The Balaban J connectivity index is 1.44. The number of sulfonamides is 1. The molecule has 0 aliphatic carbocycles. The third-order valence-corrected chi connectivity index (χ3v) is 16.1. The lowest BCUT2D eigenvalue weighted by Gasteiger charge is -2.40. The molecule has 0 saturated heterocycles. The molecular formula is C63H91N9O11S. The van der Waals surface area contributed by atoms with Crippen LogP contribution in [0.25, 0.3) is 0 Å². The summed E-state index contributed by atoms with van der Waals surface area (Å²) in [7, 11) is -1.20. The molecule has 5 unspecified atom stereocenters. The second kappa shape index (κ2) is 30.1. The van der Waals surface area contributed by atoms with E-state index in [4.69, 9.17) is 10.5 Å². The highest BCUT2D eigenvalue weighted by Gasteiger charge is 2.42. The molecule has 8 amide bonds. The number of imide groups is 1. The van der Waals surface area contributed by atoms with Gasteiger partial charge >= 0.3 is 0 Å². The van der Waals surface area contributed by atoms with E-state index in [0.717, 1.165) is 16.0 Å². The van der Waals surface area contributed by atoms with E-state index in [0.29, 0.717) is 19.4 Å². The number of hydrogen-bond donors (Lipinski definition) is 7. The van der Waals surface area contributed by atoms with E-state index in [1.807, 2.05) is 137 Å². The van der Waals surface area contributed by atoms with Gasteiger partial charge in [-0.2, -0.15) is 0 Å². The van der Waals surface area contributed by atoms with Gasteiger partial charge in [-0.15, -0.1) is 0 Å². The van der Waals surface area contributed by atoms with Gasteiger partial charge in [-0.05, 0) is 91.9 Å². The molecule has 0 bridgehead atoms. The smallest absolute Gasteiger partial charge is 0.264 e. The van der Waals surface area contributed by atoms with Crippen molar-refractivity contribution in [1.29, 1.82) is 0 Å². The van der Waals surface area contributed by atoms with Crippen molar-refractivity contribution in [1.82, 2.24) is 35.8 Å². The average molecular weight is 1180 g/mol. The zero-order valence-electron chi connectivity index (χ0n) is 51.5. The molecule has 5 atom stereocenters. The topological polar surface area (TPSA) is 285 Å². The molecule has 1 heterocycles. The largest absolute Gasteiger partial charge is 0.380 e. The third kappa shape index (κ3) is 20.3. The first-order valence-corrected chi connectivity index (χ1v) is 30.0. The Hall–Kier alpha value is -7.07. The van der Waals surface area contributed by atoms with Crippen molar-refractivity contribution >= 4 is 63.0 Å². The standard InChI is InChI=1S/C63H91N9O11S/c1-41(2)49(71(14)59(80)54(60(4,5)6)69-58(79)53(65-13)63(11,12)44-25-19-16-20-26-44)35-42(3)55(76)70-84(81,82)46-30-28-45(29-31-46)66-56(77)47(27-21-22-34-64)68-57(78)48(36-43-23-17-15-18-24-43)67-50(73)37-61(7,8)39-83-40-62(9,10)38-72-51(74)32-33-52(72)75/h15-20,23-26,28-33,35,41,47-49,53-54,65H,21-22,27,34,36-40,64H2,1-14H3,(H,66,77)(H,67,73)(H,68,78)(H,69,79)(H,70,76). The van der Waals surface area contributed by atoms with E-state index in [1.54, 1.807) is 14.1 Å². The Morgan fingerprint density at radius 1 is 0.714 bits per heavy atom. The summed E-state index contributed by atoms with van der Waals surface area (Å²) >= 11 is 0. The van der Waals surface area contributed by atoms with Gasteiger partial charge in [0.05, 0.1) is 30.2 Å². The summed E-state index contributed by atoms with van der Waals surface area (Å²) in [5.41, 5.74) is 5.01. The van der Waals surface area contributed by atoms with Gasteiger partial charge in [-0.1, -0.05) is 143 Å². The van der Waals surface area contributed by atoms with Gasteiger partial charge in [-0.25, -0.2) is 13.1 Å². The summed E-state index contributed by atoms with van der Waals surface area (Å²) < 4.78 is 35.5. The highest BCUT2D eigenvalue weighted by atomic mass is 32.2. The number of carbonyl (C=O) groups excluding carboxylic acids is 8. The molecule has 0 radical (unpaired) electrons. The van der Waals surface area contributed by atoms with Crippen LogP contribution in [-0.4, -0.2) is 136 Å². The number of unbranched alkanes of at least 4 members (excludes halogenated alkanes) is 1. The molecule has 0 fully saturated rings. The lowest BCUT2D eigenvalue weighted by atomic mass is 9.76. The molecule has 4 rings (SSSR count). The maximum absolute atomic E-state index is 14.4. The lowest BCUT2D eigenvalue weighted by Crippen LogP contribution is -2.61. The average Bonchev–Trinajstić information content (AvgIpc) is 2.38. The van der Waals surface area contributed by atoms with Crippen LogP contribution in [0, 0.1) is 22.2 Å². The lowest BCUT2D eigenvalue weighted by molar-refractivity contribution is -0.141. The Morgan fingerprint density at radius 2 is 1.29 bits per heavy atom. The Bertz CT molecular complexity index is 2940. The zero-order chi connectivity index (χ0) is 63.0. The monoisotopic (exact) mass is 1180 g/mol. The van der Waals surface area contributed by atoms with Crippen LogP contribution < -0.4 is 37.0 Å². The summed E-state index contributed by atoms with van der Waals surface area (Å²) in [5, 5.41) is 14.6. The minimum absolute atomic E-state index is 0.0163. The molecule has 8 N–H and O–H groups in total. The fourth-order valence-electron chi connectivity index (χ4n) is 9.86. The van der Waals surface area contributed by atoms with Gasteiger partial charge in [0, 0.05) is 60.7 Å². The van der Waals surface area contributed by atoms with Crippen LogP contribution in [0.15, 0.2) is 114 Å². The first kappa shape index (κ1) is 69.4. The van der Waals surface area contributed by atoms with E-state index in [2.05, 4.69) is 31.3 Å². The molecular weight excluding hydrogens is 1090 g/mol. The molecule has 0 aromatic heterocycles. The zero-order valence-corrected chi connectivity index (χ0v) is 52.3. The summed E-state index contributed by atoms with van der Waals surface area (Å²) in [6.45, 7) is 22.9. The van der Waals surface area contributed by atoms with Crippen LogP contribution in [0.3, 0.4) is 0 Å². The molecule has 0 saturated carbocycles. The number of anilines is 1. The van der Waals surface area contributed by atoms with Crippen molar-refractivity contribution < 1.29 is 51.5 Å².